The van der Waals surface area contributed by atoms with Gasteiger partial charge in [-0.3, -0.25) is 5.43 Å². The van der Waals surface area contributed by atoms with Gasteiger partial charge in [0.05, 0.1) is 10.6 Å². The smallest absolute Gasteiger partial charge is 0.291 e. The molecule has 0 aliphatic heterocycles. The van der Waals surface area contributed by atoms with E-state index in [1.165, 1.54) is 6.08 Å². The first kappa shape index (κ1) is 19.2. The third-order valence-electron chi connectivity index (χ3n) is 3.00. The van der Waals surface area contributed by atoms with Crippen LogP contribution in [0.1, 0.15) is 16.7 Å². The summed E-state index contributed by atoms with van der Waals surface area (Å²) in [5.41, 5.74) is 2.84. The van der Waals surface area contributed by atoms with Crippen LogP contribution in [0.25, 0.3) is 6.08 Å². The van der Waals surface area contributed by atoms with Gasteiger partial charge in [0.2, 0.25) is 0 Å². The number of anilines is 1. The maximum atomic E-state index is 12.5. The van der Waals surface area contributed by atoms with Gasteiger partial charge in [-0.15, -0.1) is 4.83 Å². The van der Waals surface area contributed by atoms with Crippen molar-refractivity contribution in [2.24, 2.45) is 0 Å². The number of alkyl halides is 3. The number of nitrogens with zero attached hydrogens (tertiary/aromatic N) is 1. The fourth-order valence-electron chi connectivity index (χ4n) is 1.68. The van der Waals surface area contributed by atoms with Crippen LogP contribution in [-0.2, 0) is 16.2 Å². The Kier molecular flexibility index (Phi) is 5.71. The summed E-state index contributed by atoms with van der Waals surface area (Å²) in [5, 5.41) is 0.530. The molecule has 0 radical (unpaired) electrons. The molecule has 25 heavy (non-hydrogen) atoms. The molecule has 0 amide bonds. The van der Waals surface area contributed by atoms with Gasteiger partial charge < -0.3 is 0 Å². The predicted octanol–water partition coefficient (Wildman–Crippen LogP) is 3.98. The minimum atomic E-state index is -4.59. The van der Waals surface area contributed by atoms with Crippen LogP contribution in [0.4, 0.5) is 19.0 Å². The van der Waals surface area contributed by atoms with Crippen molar-refractivity contribution in [1.82, 2.24) is 9.82 Å². The molecule has 1 heterocycles. The van der Waals surface area contributed by atoms with Crippen LogP contribution in [0.15, 0.2) is 41.9 Å². The van der Waals surface area contributed by atoms with Gasteiger partial charge in [-0.2, -0.15) is 13.2 Å². The second-order valence-electron chi connectivity index (χ2n) is 5.04. The lowest BCUT2D eigenvalue weighted by atomic mass is 10.2. The second-order valence-corrected chi connectivity index (χ2v) is 7.01. The average molecular weight is 392 g/mol. The van der Waals surface area contributed by atoms with Gasteiger partial charge in [0.15, 0.2) is 5.82 Å². The topological polar surface area (TPSA) is 71.1 Å². The number of halogens is 4. The van der Waals surface area contributed by atoms with Crippen molar-refractivity contribution < 1.29 is 21.6 Å². The van der Waals surface area contributed by atoms with Gasteiger partial charge in [0.1, 0.15) is 0 Å². The standard InChI is InChI=1S/C15H13ClF3N3O2S/c1-10-2-4-11(5-3-10)6-7-25(23,24)22-21-14-13(16)8-12(9-20-14)15(17,18)19/h2-9,22H,1H3,(H,20,21). The summed E-state index contributed by atoms with van der Waals surface area (Å²) >= 11 is 5.67. The first-order valence-corrected chi connectivity index (χ1v) is 8.74. The summed E-state index contributed by atoms with van der Waals surface area (Å²) in [4.78, 5) is 5.42. The molecular weight excluding hydrogens is 379 g/mol. The van der Waals surface area contributed by atoms with Crippen molar-refractivity contribution in [2.75, 3.05) is 5.43 Å². The second kappa shape index (κ2) is 7.42. The summed E-state index contributed by atoms with van der Waals surface area (Å²) < 4.78 is 61.3. The third-order valence-corrected chi connectivity index (χ3v) is 4.17. The SMILES string of the molecule is Cc1ccc(C=CS(=O)(=O)NNc2ncc(C(F)(F)F)cc2Cl)cc1. The fourth-order valence-corrected chi connectivity index (χ4v) is 2.54. The lowest BCUT2D eigenvalue weighted by molar-refractivity contribution is -0.137. The maximum absolute atomic E-state index is 12.5. The highest BCUT2D eigenvalue weighted by molar-refractivity contribution is 7.92. The van der Waals surface area contributed by atoms with Gasteiger partial charge >= 0.3 is 6.18 Å². The molecule has 0 saturated carbocycles. The van der Waals surface area contributed by atoms with Crippen molar-refractivity contribution in [1.29, 1.82) is 0 Å². The van der Waals surface area contributed by atoms with Crippen LogP contribution in [0.5, 0.6) is 0 Å². The number of benzene rings is 1. The van der Waals surface area contributed by atoms with E-state index < -0.39 is 21.8 Å². The number of sulfonamides is 1. The van der Waals surface area contributed by atoms with Crippen molar-refractivity contribution in [3.8, 4) is 0 Å². The molecule has 2 rings (SSSR count). The van der Waals surface area contributed by atoms with Crippen molar-refractivity contribution >= 4 is 33.5 Å². The van der Waals surface area contributed by atoms with Crippen LogP contribution in [0, 0.1) is 6.92 Å². The molecule has 0 aliphatic carbocycles. The van der Waals surface area contributed by atoms with E-state index in [-0.39, 0.29) is 10.8 Å². The lowest BCUT2D eigenvalue weighted by Crippen LogP contribution is -2.28. The largest absolute Gasteiger partial charge is 0.417 e. The maximum Gasteiger partial charge on any atom is 0.417 e. The van der Waals surface area contributed by atoms with E-state index in [0.717, 1.165) is 11.0 Å². The minimum absolute atomic E-state index is 0.248. The molecule has 1 aromatic carbocycles. The zero-order chi connectivity index (χ0) is 18.7. The van der Waals surface area contributed by atoms with E-state index in [4.69, 9.17) is 11.6 Å². The number of hydrogen-bond donors (Lipinski definition) is 2. The summed E-state index contributed by atoms with van der Waals surface area (Å²) in [5.74, 6) is -0.248. The summed E-state index contributed by atoms with van der Waals surface area (Å²) in [6.45, 7) is 1.90. The molecule has 0 fully saturated rings. The summed E-state index contributed by atoms with van der Waals surface area (Å²) in [6.07, 6.45) is -2.68. The van der Waals surface area contributed by atoms with Gasteiger partial charge in [-0.1, -0.05) is 41.4 Å². The van der Waals surface area contributed by atoms with Gasteiger partial charge in [0, 0.05) is 11.6 Å². The van der Waals surface area contributed by atoms with Crippen molar-refractivity contribution in [2.45, 2.75) is 13.1 Å². The van der Waals surface area contributed by atoms with Crippen LogP contribution < -0.4 is 10.3 Å². The van der Waals surface area contributed by atoms with Crippen LogP contribution in [0.3, 0.4) is 0 Å². The quantitative estimate of drug-likeness (QED) is 0.756. The number of aromatic nitrogens is 1. The van der Waals surface area contributed by atoms with Crippen molar-refractivity contribution in [3.05, 3.63) is 63.6 Å². The Bertz CT molecular complexity index is 882. The average Bonchev–Trinajstić information content (AvgIpc) is 2.52. The number of hydrazine groups is 1. The molecular formula is C15H13ClF3N3O2S. The normalized spacial score (nSPS) is 12.5. The molecule has 2 N–H and O–H groups in total. The fraction of sp³-hybridized carbons (Fsp3) is 0.133. The number of aryl methyl sites for hydroxylation is 1. The van der Waals surface area contributed by atoms with Crippen molar-refractivity contribution in [3.63, 3.8) is 0 Å². The van der Waals surface area contributed by atoms with Gasteiger partial charge in [-0.25, -0.2) is 13.4 Å². The van der Waals surface area contributed by atoms with Gasteiger partial charge in [0.25, 0.3) is 10.0 Å². The molecule has 0 bridgehead atoms. The molecule has 10 heteroatoms. The Labute approximate surface area is 147 Å². The highest BCUT2D eigenvalue weighted by Crippen LogP contribution is 2.32. The molecule has 1 aromatic heterocycles. The Morgan fingerprint density at radius 1 is 1.20 bits per heavy atom. The molecule has 0 aliphatic rings. The lowest BCUT2D eigenvalue weighted by Gasteiger charge is -2.10. The number of hydrogen-bond acceptors (Lipinski definition) is 4. The number of rotatable bonds is 5. The summed E-state index contributed by atoms with van der Waals surface area (Å²) in [6, 6.07) is 7.77. The zero-order valence-electron chi connectivity index (χ0n) is 12.8. The van der Waals surface area contributed by atoms with E-state index in [1.807, 2.05) is 23.9 Å². The first-order valence-electron chi connectivity index (χ1n) is 6.82. The number of nitrogens with one attached hydrogen (secondary N) is 2. The van der Waals surface area contributed by atoms with E-state index in [0.29, 0.717) is 17.8 Å². The Balaban J connectivity index is 2.05. The highest BCUT2D eigenvalue weighted by atomic mass is 35.5. The Morgan fingerprint density at radius 3 is 2.40 bits per heavy atom. The molecule has 134 valence electrons. The van der Waals surface area contributed by atoms with E-state index >= 15 is 0 Å². The monoisotopic (exact) mass is 391 g/mol. The molecule has 2 aromatic rings. The zero-order valence-corrected chi connectivity index (χ0v) is 14.4. The van der Waals surface area contributed by atoms with E-state index in [1.54, 1.807) is 12.1 Å². The van der Waals surface area contributed by atoms with E-state index in [2.05, 4.69) is 10.4 Å². The Morgan fingerprint density at radius 2 is 1.84 bits per heavy atom. The van der Waals surface area contributed by atoms with E-state index in [9.17, 15) is 21.6 Å². The minimum Gasteiger partial charge on any atom is -0.291 e. The van der Waals surface area contributed by atoms with Gasteiger partial charge in [-0.05, 0) is 24.6 Å². The van der Waals surface area contributed by atoms with Crippen LogP contribution >= 0.6 is 11.6 Å². The first-order chi connectivity index (χ1) is 11.6. The third kappa shape index (κ3) is 5.73. The highest BCUT2D eigenvalue weighted by Gasteiger charge is 2.31. The molecule has 0 saturated heterocycles. The molecule has 0 spiro atoms. The predicted molar refractivity (Wildman–Crippen MR) is 90.1 cm³/mol. The molecule has 5 nitrogen and oxygen atoms in total. The number of pyridine rings is 1. The Hall–Kier alpha value is -2.10. The van der Waals surface area contributed by atoms with Crippen LogP contribution in [0.2, 0.25) is 5.02 Å². The summed E-state index contributed by atoms with van der Waals surface area (Å²) in [7, 11) is -3.91. The van der Waals surface area contributed by atoms with Crippen LogP contribution in [-0.4, -0.2) is 13.4 Å². The molecule has 0 unspecified atom stereocenters. The molecule has 0 atom stereocenters.